The Morgan fingerprint density at radius 2 is 1.17 bits per heavy atom. The van der Waals surface area contributed by atoms with Crippen molar-refractivity contribution in [2.45, 2.75) is 89.2 Å². The van der Waals surface area contributed by atoms with Crippen molar-refractivity contribution in [1.82, 2.24) is 19.1 Å². The van der Waals surface area contributed by atoms with Crippen LogP contribution in [0.4, 0.5) is 0 Å². The maximum Gasteiger partial charge on any atom is 0.330 e. The summed E-state index contributed by atoms with van der Waals surface area (Å²) in [6.45, 7) is 2.16. The first-order valence-electron chi connectivity index (χ1n) is 13.6. The van der Waals surface area contributed by atoms with Gasteiger partial charge in [0, 0.05) is 49.2 Å². The van der Waals surface area contributed by atoms with E-state index in [1.165, 1.54) is 35.4 Å². The summed E-state index contributed by atoms with van der Waals surface area (Å²) in [4.78, 5) is 76.8. The molecule has 2 aromatic rings. The van der Waals surface area contributed by atoms with E-state index in [-0.39, 0.29) is 25.7 Å². The fraction of sp³-hybridized carbons (Fsp3) is 0.615. The van der Waals surface area contributed by atoms with Crippen LogP contribution in [-0.4, -0.2) is 78.9 Å². The Hall–Kier alpha value is -3.86. The third-order valence-electron chi connectivity index (χ3n) is 7.21. The van der Waals surface area contributed by atoms with Gasteiger partial charge in [-0.25, -0.2) is 9.59 Å². The third kappa shape index (κ3) is 7.13. The molecule has 0 spiro atoms. The normalized spacial score (nSPS) is 25.4. The Morgan fingerprint density at radius 3 is 1.52 bits per heavy atom. The number of nitrogens with one attached hydrogen (secondary N) is 2. The first kappa shape index (κ1) is 31.1. The number of hydrogen-bond acceptors (Lipinski definition) is 12. The van der Waals surface area contributed by atoms with E-state index in [0.717, 1.165) is 0 Å². The molecule has 4 rings (SSSR count). The summed E-state index contributed by atoms with van der Waals surface area (Å²) in [5.74, 6) is -1.15. The average Bonchev–Trinajstić information content (AvgIpc) is 3.54. The first-order valence-corrected chi connectivity index (χ1v) is 13.6. The number of aromatic amines is 2. The second-order valence-corrected chi connectivity index (χ2v) is 10.3. The van der Waals surface area contributed by atoms with Gasteiger partial charge < -0.3 is 29.2 Å². The van der Waals surface area contributed by atoms with Gasteiger partial charge in [-0.05, 0) is 26.7 Å². The zero-order valence-corrected chi connectivity index (χ0v) is 23.1. The van der Waals surface area contributed by atoms with E-state index in [4.69, 9.17) is 18.9 Å². The summed E-state index contributed by atoms with van der Waals surface area (Å²) in [6.07, 6.45) is -1.62. The Balaban J connectivity index is 1.22. The zero-order valence-electron chi connectivity index (χ0n) is 23.1. The molecule has 2 saturated heterocycles. The van der Waals surface area contributed by atoms with Gasteiger partial charge in [0.2, 0.25) is 0 Å². The minimum Gasteiger partial charge on any atom is -0.459 e. The lowest BCUT2D eigenvalue weighted by Gasteiger charge is -2.17. The van der Waals surface area contributed by atoms with E-state index in [9.17, 15) is 39.0 Å². The summed E-state index contributed by atoms with van der Waals surface area (Å²) in [6, 6.07) is 0. The van der Waals surface area contributed by atoms with Crippen LogP contribution < -0.4 is 22.5 Å². The predicted molar refractivity (Wildman–Crippen MR) is 142 cm³/mol. The van der Waals surface area contributed by atoms with Crippen LogP contribution >= 0.6 is 0 Å². The molecule has 2 fully saturated rings. The molecule has 230 valence electrons. The molecule has 4 N–H and O–H groups in total. The first-order chi connectivity index (χ1) is 20.0. The van der Waals surface area contributed by atoms with E-state index in [2.05, 4.69) is 9.97 Å². The number of rotatable bonds is 11. The SMILES string of the molecule is Cc1cn(C2CC(OC(=O)CCCCC(=O)OC3CC(n4cc(C)c(=O)[nH]c4=O)OC3CO)C(CO)O2)c(=O)[nH]c1=O. The number of ether oxygens (including phenoxy) is 4. The number of nitrogens with zero attached hydrogens (tertiary/aromatic N) is 2. The molecule has 16 heteroatoms. The van der Waals surface area contributed by atoms with Crippen molar-refractivity contribution >= 4 is 11.9 Å². The molecule has 42 heavy (non-hydrogen) atoms. The van der Waals surface area contributed by atoms with Gasteiger partial charge in [-0.3, -0.25) is 38.3 Å². The number of unbranched alkanes of at least 4 members (excludes halogenated alkanes) is 1. The molecule has 2 aromatic heterocycles. The molecule has 0 amide bonds. The molecule has 4 heterocycles. The fourth-order valence-electron chi connectivity index (χ4n) is 4.91. The molecule has 6 unspecified atom stereocenters. The molecule has 0 radical (unpaired) electrons. The monoisotopic (exact) mass is 594 g/mol. The number of carbonyl (C=O) groups excluding carboxylic acids is 2. The van der Waals surface area contributed by atoms with Crippen molar-refractivity contribution in [3.05, 3.63) is 65.2 Å². The van der Waals surface area contributed by atoms with E-state index in [0.29, 0.717) is 24.0 Å². The largest absolute Gasteiger partial charge is 0.459 e. The Bertz CT molecular complexity index is 1410. The van der Waals surface area contributed by atoms with Crippen LogP contribution in [0.5, 0.6) is 0 Å². The lowest BCUT2D eigenvalue weighted by molar-refractivity contribution is -0.155. The number of hydrogen-bond donors (Lipinski definition) is 4. The number of H-pyrrole nitrogens is 2. The van der Waals surface area contributed by atoms with Gasteiger partial charge in [-0.2, -0.15) is 0 Å². The van der Waals surface area contributed by atoms with E-state index in [1.54, 1.807) is 0 Å². The number of aliphatic hydroxyl groups is 2. The maximum absolute atomic E-state index is 12.4. The topological polar surface area (TPSA) is 221 Å². The molecule has 0 aliphatic carbocycles. The number of aromatic nitrogens is 4. The average molecular weight is 595 g/mol. The van der Waals surface area contributed by atoms with Crippen LogP contribution in [0.1, 0.15) is 62.1 Å². The van der Waals surface area contributed by atoms with Gasteiger partial charge in [0.15, 0.2) is 0 Å². The Kier molecular flexibility index (Phi) is 9.93. The van der Waals surface area contributed by atoms with Gasteiger partial charge in [0.25, 0.3) is 11.1 Å². The molecule has 6 atom stereocenters. The molecular weight excluding hydrogens is 560 g/mol. The molecule has 0 saturated carbocycles. The highest BCUT2D eigenvalue weighted by atomic mass is 16.6. The van der Waals surface area contributed by atoms with Crippen molar-refractivity contribution < 1.29 is 38.7 Å². The lowest BCUT2D eigenvalue weighted by Crippen LogP contribution is -2.33. The van der Waals surface area contributed by atoms with Gasteiger partial charge in [0.1, 0.15) is 36.9 Å². The van der Waals surface area contributed by atoms with E-state index < -0.39 is 84.5 Å². The van der Waals surface area contributed by atoms with Gasteiger partial charge >= 0.3 is 23.3 Å². The highest BCUT2D eigenvalue weighted by Crippen LogP contribution is 2.31. The molecule has 16 nitrogen and oxygen atoms in total. The molecule has 0 bridgehead atoms. The van der Waals surface area contributed by atoms with Gasteiger partial charge in [0.05, 0.1) is 13.2 Å². The number of esters is 2. The van der Waals surface area contributed by atoms with Gasteiger partial charge in [-0.1, -0.05) is 0 Å². The van der Waals surface area contributed by atoms with Crippen molar-refractivity contribution in [1.29, 1.82) is 0 Å². The third-order valence-corrected chi connectivity index (χ3v) is 7.21. The van der Waals surface area contributed by atoms with Crippen molar-refractivity contribution in [2.24, 2.45) is 0 Å². The summed E-state index contributed by atoms with van der Waals surface area (Å²) in [7, 11) is 0. The highest BCUT2D eigenvalue weighted by Gasteiger charge is 2.40. The quantitative estimate of drug-likeness (QED) is 0.175. The summed E-state index contributed by atoms with van der Waals surface area (Å²) < 4.78 is 24.6. The molecule has 0 aromatic carbocycles. The highest BCUT2D eigenvalue weighted by molar-refractivity contribution is 5.71. The van der Waals surface area contributed by atoms with Crippen molar-refractivity contribution in [2.75, 3.05) is 13.2 Å². The van der Waals surface area contributed by atoms with Crippen molar-refractivity contribution in [3.8, 4) is 0 Å². The molecule has 2 aliphatic heterocycles. The molecule has 2 aliphatic rings. The number of aliphatic hydroxyl groups excluding tert-OH is 2. The van der Waals surface area contributed by atoms with Crippen LogP contribution in [0, 0.1) is 13.8 Å². The van der Waals surface area contributed by atoms with Gasteiger partial charge in [-0.15, -0.1) is 0 Å². The Labute approximate surface area is 237 Å². The van der Waals surface area contributed by atoms with E-state index >= 15 is 0 Å². The summed E-state index contributed by atoms with van der Waals surface area (Å²) in [5.41, 5.74) is -1.82. The number of carbonyl (C=O) groups is 2. The number of aryl methyl sites for hydroxylation is 2. The second kappa shape index (κ2) is 13.4. The minimum absolute atomic E-state index is 0.0212. The summed E-state index contributed by atoms with van der Waals surface area (Å²) >= 11 is 0. The van der Waals surface area contributed by atoms with Crippen molar-refractivity contribution in [3.63, 3.8) is 0 Å². The van der Waals surface area contributed by atoms with Crippen LogP contribution in [0.15, 0.2) is 31.6 Å². The van der Waals surface area contributed by atoms with Crippen LogP contribution in [0.2, 0.25) is 0 Å². The van der Waals surface area contributed by atoms with Crippen LogP contribution in [-0.2, 0) is 28.5 Å². The smallest absolute Gasteiger partial charge is 0.330 e. The van der Waals surface area contributed by atoms with Crippen LogP contribution in [0.3, 0.4) is 0 Å². The van der Waals surface area contributed by atoms with Crippen LogP contribution in [0.25, 0.3) is 0 Å². The lowest BCUT2D eigenvalue weighted by atomic mass is 10.1. The maximum atomic E-state index is 12.4. The summed E-state index contributed by atoms with van der Waals surface area (Å²) in [5, 5.41) is 19.3. The minimum atomic E-state index is -0.860. The van der Waals surface area contributed by atoms with E-state index in [1.807, 2.05) is 0 Å². The fourth-order valence-corrected chi connectivity index (χ4v) is 4.91. The standard InChI is InChI=1S/C26H34N4O12/c1-13-9-29(25(37)27-23(13)35)19-7-15(17(11-31)39-19)41-21(33)5-3-4-6-22(34)42-16-8-20(40-18(16)12-32)30-10-14(2)24(36)28-26(30)38/h9-10,15-20,31-32H,3-8,11-12H2,1-2H3,(H,27,35,37)(H,28,36,38). The predicted octanol–water partition coefficient (Wildman–Crippen LogP) is -1.35. The molecular formula is C26H34N4O12. The zero-order chi connectivity index (χ0) is 30.6. The Morgan fingerprint density at radius 1 is 0.786 bits per heavy atom. The second-order valence-electron chi connectivity index (χ2n) is 10.3.